The van der Waals surface area contributed by atoms with E-state index in [0.717, 1.165) is 10.7 Å². The molecular formula is C16H10ClF4N3O2S. The lowest BCUT2D eigenvalue weighted by atomic mass is 10.1. The first-order valence-corrected chi connectivity index (χ1v) is 9.16. The van der Waals surface area contributed by atoms with E-state index in [9.17, 15) is 26.0 Å². The standard InChI is InChI=1S/C16H10ClF4N3O2S/c17-9-1-3-10(4-2-9)24-14(7-13(23-24)16(20)21)8-5-11(18)15(12(19)6-8)27(22,25)26/h1-7,16H,(H2,22,25,26). The quantitative estimate of drug-likeness (QED) is 0.648. The van der Waals surface area contributed by atoms with Gasteiger partial charge in [-0.1, -0.05) is 11.6 Å². The highest BCUT2D eigenvalue weighted by Gasteiger charge is 2.24. The van der Waals surface area contributed by atoms with E-state index >= 15 is 0 Å². The van der Waals surface area contributed by atoms with Crippen molar-refractivity contribution < 1.29 is 26.0 Å². The SMILES string of the molecule is NS(=O)(=O)c1c(F)cc(-c2cc(C(F)F)nn2-c2ccc(Cl)cc2)cc1F. The minimum atomic E-state index is -4.65. The molecule has 0 saturated heterocycles. The lowest BCUT2D eigenvalue weighted by Crippen LogP contribution is -2.16. The van der Waals surface area contributed by atoms with Crippen molar-refractivity contribution in [2.75, 3.05) is 0 Å². The van der Waals surface area contributed by atoms with E-state index in [4.69, 9.17) is 16.7 Å². The summed E-state index contributed by atoms with van der Waals surface area (Å²) in [6, 6.07) is 8.22. The summed E-state index contributed by atoms with van der Waals surface area (Å²) in [4.78, 5) is -1.31. The van der Waals surface area contributed by atoms with Gasteiger partial charge in [-0.2, -0.15) is 5.10 Å². The number of nitrogens with zero attached hydrogens (tertiary/aromatic N) is 2. The van der Waals surface area contributed by atoms with Crippen LogP contribution in [0.1, 0.15) is 12.1 Å². The van der Waals surface area contributed by atoms with Gasteiger partial charge in [-0.05, 0) is 42.5 Å². The number of hydrogen-bond donors (Lipinski definition) is 1. The Kier molecular flexibility index (Phi) is 4.98. The molecule has 142 valence electrons. The fourth-order valence-electron chi connectivity index (χ4n) is 2.47. The van der Waals surface area contributed by atoms with Crippen LogP contribution >= 0.6 is 11.6 Å². The molecular weight excluding hydrogens is 410 g/mol. The van der Waals surface area contributed by atoms with E-state index in [1.807, 2.05) is 0 Å². The highest BCUT2D eigenvalue weighted by atomic mass is 35.5. The first-order valence-electron chi connectivity index (χ1n) is 7.24. The molecule has 2 aromatic carbocycles. The Bertz CT molecular complexity index is 1090. The van der Waals surface area contributed by atoms with Gasteiger partial charge in [0.05, 0.1) is 11.4 Å². The molecule has 3 aromatic rings. The van der Waals surface area contributed by atoms with Crippen LogP contribution in [-0.4, -0.2) is 18.2 Å². The average Bonchev–Trinajstić information content (AvgIpc) is 2.99. The number of sulfonamides is 1. The van der Waals surface area contributed by atoms with Crippen molar-refractivity contribution in [2.24, 2.45) is 5.14 Å². The van der Waals surface area contributed by atoms with Crippen LogP contribution < -0.4 is 5.14 Å². The van der Waals surface area contributed by atoms with Crippen molar-refractivity contribution in [2.45, 2.75) is 11.3 Å². The molecule has 5 nitrogen and oxygen atoms in total. The van der Waals surface area contributed by atoms with E-state index in [-0.39, 0.29) is 11.3 Å². The molecule has 11 heteroatoms. The van der Waals surface area contributed by atoms with Gasteiger partial charge in [0.25, 0.3) is 6.43 Å². The Morgan fingerprint density at radius 1 is 1.04 bits per heavy atom. The lowest BCUT2D eigenvalue weighted by Gasteiger charge is -2.10. The Morgan fingerprint density at radius 3 is 2.07 bits per heavy atom. The maximum atomic E-state index is 14.2. The Morgan fingerprint density at radius 2 is 1.59 bits per heavy atom. The second kappa shape index (κ2) is 6.95. The summed E-state index contributed by atoms with van der Waals surface area (Å²) < 4.78 is 78.1. The monoisotopic (exact) mass is 419 g/mol. The lowest BCUT2D eigenvalue weighted by molar-refractivity contribution is 0.145. The second-order valence-electron chi connectivity index (χ2n) is 5.46. The smallest absolute Gasteiger partial charge is 0.233 e. The van der Waals surface area contributed by atoms with E-state index in [1.165, 1.54) is 24.3 Å². The number of primary sulfonamides is 1. The molecule has 1 heterocycles. The minimum absolute atomic E-state index is 0.0774. The van der Waals surface area contributed by atoms with Gasteiger partial charge in [-0.25, -0.2) is 35.8 Å². The van der Waals surface area contributed by atoms with Gasteiger partial charge < -0.3 is 0 Å². The summed E-state index contributed by atoms with van der Waals surface area (Å²) in [5.74, 6) is -2.90. The predicted molar refractivity (Wildman–Crippen MR) is 90.3 cm³/mol. The van der Waals surface area contributed by atoms with Crippen LogP contribution in [0.4, 0.5) is 17.6 Å². The largest absolute Gasteiger partial charge is 0.282 e. The molecule has 0 bridgehead atoms. The number of nitrogens with two attached hydrogens (primary N) is 1. The summed E-state index contributed by atoms with van der Waals surface area (Å²) in [6.45, 7) is 0. The first-order chi connectivity index (χ1) is 12.6. The molecule has 0 aliphatic rings. The Hall–Kier alpha value is -2.43. The highest BCUT2D eigenvalue weighted by Crippen LogP contribution is 2.31. The molecule has 0 aliphatic carbocycles. The zero-order valence-corrected chi connectivity index (χ0v) is 14.8. The molecule has 0 atom stereocenters. The molecule has 0 saturated carbocycles. The minimum Gasteiger partial charge on any atom is -0.233 e. The van der Waals surface area contributed by atoms with Gasteiger partial charge in [0.2, 0.25) is 10.0 Å². The molecule has 27 heavy (non-hydrogen) atoms. The van der Waals surface area contributed by atoms with Crippen LogP contribution in [0, 0.1) is 11.6 Å². The van der Waals surface area contributed by atoms with Crippen LogP contribution in [0.2, 0.25) is 5.02 Å². The fourth-order valence-corrected chi connectivity index (χ4v) is 3.26. The summed E-state index contributed by atoms with van der Waals surface area (Å²) >= 11 is 5.80. The Labute approximate surface area is 156 Å². The van der Waals surface area contributed by atoms with Crippen molar-refractivity contribution in [3.8, 4) is 16.9 Å². The molecule has 0 radical (unpaired) electrons. The van der Waals surface area contributed by atoms with Gasteiger partial charge in [0.1, 0.15) is 17.3 Å². The molecule has 0 unspecified atom stereocenters. The maximum Gasteiger partial charge on any atom is 0.282 e. The van der Waals surface area contributed by atoms with Crippen molar-refractivity contribution in [1.82, 2.24) is 9.78 Å². The second-order valence-corrected chi connectivity index (χ2v) is 7.39. The molecule has 0 amide bonds. The van der Waals surface area contributed by atoms with Crippen LogP contribution in [0.25, 0.3) is 16.9 Å². The molecule has 1 aromatic heterocycles. The van der Waals surface area contributed by atoms with Gasteiger partial charge >= 0.3 is 0 Å². The zero-order chi connectivity index (χ0) is 19.9. The number of halogens is 5. The van der Waals surface area contributed by atoms with Gasteiger partial charge in [0, 0.05) is 10.6 Å². The third-order valence-electron chi connectivity index (χ3n) is 3.60. The number of benzene rings is 2. The highest BCUT2D eigenvalue weighted by molar-refractivity contribution is 7.89. The molecule has 3 rings (SSSR count). The summed E-state index contributed by atoms with van der Waals surface area (Å²) in [5.41, 5.74) is -0.605. The number of hydrogen-bond acceptors (Lipinski definition) is 3. The van der Waals surface area contributed by atoms with Crippen molar-refractivity contribution in [1.29, 1.82) is 0 Å². The molecule has 0 aliphatic heterocycles. The first kappa shape index (κ1) is 19.3. The number of alkyl halides is 2. The Balaban J connectivity index is 2.24. The van der Waals surface area contributed by atoms with E-state index in [1.54, 1.807) is 0 Å². The van der Waals surface area contributed by atoms with Crippen molar-refractivity contribution in [3.05, 3.63) is 64.8 Å². The van der Waals surface area contributed by atoms with Crippen LogP contribution in [0.15, 0.2) is 47.4 Å². The predicted octanol–water partition coefficient (Wildman–Crippen LogP) is 4.06. The zero-order valence-electron chi connectivity index (χ0n) is 13.2. The summed E-state index contributed by atoms with van der Waals surface area (Å²) in [5, 5.41) is 8.93. The van der Waals surface area contributed by atoms with Crippen molar-refractivity contribution in [3.63, 3.8) is 0 Å². The van der Waals surface area contributed by atoms with Gasteiger partial charge in [0.15, 0.2) is 4.90 Å². The van der Waals surface area contributed by atoms with Crippen LogP contribution in [0.5, 0.6) is 0 Å². The molecule has 2 N–H and O–H groups in total. The number of rotatable bonds is 4. The van der Waals surface area contributed by atoms with Crippen molar-refractivity contribution >= 4 is 21.6 Å². The third kappa shape index (κ3) is 3.82. The summed E-state index contributed by atoms with van der Waals surface area (Å²) in [7, 11) is -4.65. The molecule has 0 fully saturated rings. The topological polar surface area (TPSA) is 78.0 Å². The average molecular weight is 420 g/mol. The summed E-state index contributed by atoms with van der Waals surface area (Å²) in [6.07, 6.45) is -2.93. The number of aromatic nitrogens is 2. The van der Waals surface area contributed by atoms with Crippen LogP contribution in [0.3, 0.4) is 0 Å². The van der Waals surface area contributed by atoms with Crippen LogP contribution in [-0.2, 0) is 10.0 Å². The van der Waals surface area contributed by atoms with E-state index < -0.39 is 38.7 Å². The van der Waals surface area contributed by atoms with Gasteiger partial charge in [-0.3, -0.25) is 0 Å². The fraction of sp³-hybridized carbons (Fsp3) is 0.0625. The maximum absolute atomic E-state index is 14.2. The van der Waals surface area contributed by atoms with E-state index in [0.29, 0.717) is 22.8 Å². The van der Waals surface area contributed by atoms with Gasteiger partial charge in [-0.15, -0.1) is 0 Å². The van der Waals surface area contributed by atoms with E-state index in [2.05, 4.69) is 5.10 Å². The normalized spacial score (nSPS) is 12.0. The molecule has 0 spiro atoms. The third-order valence-corrected chi connectivity index (χ3v) is 4.81.